The molecular formula is C21H21F6N3O2. The molecule has 5 nitrogen and oxygen atoms in total. The fourth-order valence-corrected chi connectivity index (χ4v) is 3.93. The largest absolute Gasteiger partial charge is 0.497 e. The number of likely N-dealkylation sites (tertiary alicyclic amines) is 1. The fraction of sp³-hybridized carbons (Fsp3) is 0.429. The van der Waals surface area contributed by atoms with Gasteiger partial charge in [-0.05, 0) is 48.7 Å². The van der Waals surface area contributed by atoms with E-state index < -0.39 is 36.5 Å². The Labute approximate surface area is 180 Å². The van der Waals surface area contributed by atoms with E-state index >= 15 is 0 Å². The Balaban J connectivity index is 2.10. The number of hydrogen-bond acceptors (Lipinski definition) is 4. The van der Waals surface area contributed by atoms with Crippen LogP contribution in [0, 0.1) is 0 Å². The van der Waals surface area contributed by atoms with Gasteiger partial charge in [0.25, 0.3) is 11.6 Å². The van der Waals surface area contributed by atoms with Gasteiger partial charge in [-0.2, -0.15) is 26.3 Å². The van der Waals surface area contributed by atoms with Gasteiger partial charge in [0.1, 0.15) is 5.75 Å². The van der Waals surface area contributed by atoms with E-state index in [0.717, 1.165) is 12.1 Å². The lowest BCUT2D eigenvalue weighted by molar-refractivity contribution is -0.356. The average Bonchev–Trinajstić information content (AvgIpc) is 2.76. The van der Waals surface area contributed by atoms with Crippen LogP contribution in [0.3, 0.4) is 0 Å². The van der Waals surface area contributed by atoms with Gasteiger partial charge in [-0.1, -0.05) is 12.5 Å². The highest BCUT2D eigenvalue weighted by Gasteiger charge is 2.76. The number of benzene rings is 1. The molecule has 174 valence electrons. The molecule has 1 saturated heterocycles. The maximum atomic E-state index is 14.3. The van der Waals surface area contributed by atoms with Crippen LogP contribution in [0.1, 0.15) is 41.2 Å². The monoisotopic (exact) mass is 461 g/mol. The molecule has 0 bridgehead atoms. The van der Waals surface area contributed by atoms with Crippen molar-refractivity contribution in [3.63, 3.8) is 0 Å². The van der Waals surface area contributed by atoms with Crippen molar-refractivity contribution in [2.24, 2.45) is 0 Å². The van der Waals surface area contributed by atoms with Gasteiger partial charge in [-0.25, -0.2) is 0 Å². The van der Waals surface area contributed by atoms with Crippen LogP contribution in [-0.2, 0) is 0 Å². The lowest BCUT2D eigenvalue weighted by Gasteiger charge is -2.50. The van der Waals surface area contributed by atoms with Gasteiger partial charge in [0.2, 0.25) is 0 Å². The molecule has 0 radical (unpaired) electrons. The topological polar surface area (TPSA) is 54.5 Å². The highest BCUT2D eigenvalue weighted by molar-refractivity contribution is 5.95. The van der Waals surface area contributed by atoms with Crippen LogP contribution in [0.5, 0.6) is 5.75 Å². The zero-order chi connectivity index (χ0) is 23.6. The zero-order valence-electron chi connectivity index (χ0n) is 17.0. The van der Waals surface area contributed by atoms with Crippen molar-refractivity contribution in [2.75, 3.05) is 13.7 Å². The lowest BCUT2D eigenvalue weighted by atomic mass is 9.91. The molecule has 0 saturated carbocycles. The number of nitrogens with zero attached hydrogens (tertiary/aromatic N) is 2. The number of rotatable bonds is 5. The second kappa shape index (κ2) is 8.97. The van der Waals surface area contributed by atoms with Crippen LogP contribution in [0.2, 0.25) is 0 Å². The van der Waals surface area contributed by atoms with Crippen molar-refractivity contribution >= 4 is 5.91 Å². The second-order valence-electron chi connectivity index (χ2n) is 7.38. The standard InChI is InChI=1S/C21H21F6N3O2/c1-32-16-9-7-14(8-10-16)18(31)29-19(20(22,23)24,21(25,26)27)30-12-3-2-6-17(30)15-5-4-11-28-13-15/h4-5,7-11,13,17H,2-3,6,12H2,1H3,(H,29,31)/t17-/m1/s1. The Bertz CT molecular complexity index is 902. The number of carbonyl (C=O) groups is 1. The molecule has 1 aliphatic heterocycles. The molecule has 1 N–H and O–H groups in total. The first-order valence-corrected chi connectivity index (χ1v) is 9.78. The molecule has 2 aromatic rings. The number of alkyl halides is 6. The minimum absolute atomic E-state index is 0.0536. The summed E-state index contributed by atoms with van der Waals surface area (Å²) in [4.78, 5) is 16.8. The SMILES string of the molecule is COc1ccc(C(=O)NC(N2CCCC[C@@H]2c2cccnc2)(C(F)(F)F)C(F)(F)F)cc1. The van der Waals surface area contributed by atoms with E-state index in [9.17, 15) is 31.1 Å². The molecule has 1 aromatic carbocycles. The Hall–Kier alpha value is -2.82. The van der Waals surface area contributed by atoms with E-state index in [2.05, 4.69) is 4.98 Å². The van der Waals surface area contributed by atoms with Crippen molar-refractivity contribution in [1.82, 2.24) is 15.2 Å². The Morgan fingerprint density at radius 3 is 2.25 bits per heavy atom. The number of nitrogens with one attached hydrogen (secondary N) is 1. The number of aromatic nitrogens is 1. The molecular weight excluding hydrogens is 440 g/mol. The van der Waals surface area contributed by atoms with Crippen LogP contribution < -0.4 is 10.1 Å². The predicted octanol–water partition coefficient (Wildman–Crippen LogP) is 4.87. The maximum Gasteiger partial charge on any atom is 0.434 e. The molecule has 1 aliphatic rings. The molecule has 1 aromatic heterocycles. The first-order chi connectivity index (χ1) is 15.0. The third-order valence-corrected chi connectivity index (χ3v) is 5.47. The summed E-state index contributed by atoms with van der Waals surface area (Å²) in [7, 11) is 1.34. The summed E-state index contributed by atoms with van der Waals surface area (Å²) in [5.74, 6) is -1.20. The molecule has 1 fully saturated rings. The molecule has 2 heterocycles. The number of hydrogen-bond donors (Lipinski definition) is 1. The third kappa shape index (κ3) is 4.38. The van der Waals surface area contributed by atoms with E-state index in [4.69, 9.17) is 4.74 Å². The van der Waals surface area contributed by atoms with E-state index in [-0.39, 0.29) is 24.0 Å². The molecule has 0 aliphatic carbocycles. The molecule has 32 heavy (non-hydrogen) atoms. The molecule has 1 amide bonds. The molecule has 0 spiro atoms. The van der Waals surface area contributed by atoms with Gasteiger partial charge in [0, 0.05) is 30.5 Å². The van der Waals surface area contributed by atoms with Gasteiger partial charge in [0.15, 0.2) is 0 Å². The van der Waals surface area contributed by atoms with E-state index in [1.807, 2.05) is 0 Å². The van der Waals surface area contributed by atoms with Crippen LogP contribution in [0.4, 0.5) is 26.3 Å². The van der Waals surface area contributed by atoms with Gasteiger partial charge < -0.3 is 10.1 Å². The average molecular weight is 461 g/mol. The van der Waals surface area contributed by atoms with Crippen LogP contribution in [0.25, 0.3) is 0 Å². The molecule has 0 unspecified atom stereocenters. The summed E-state index contributed by atoms with van der Waals surface area (Å²) < 4.78 is 90.9. The summed E-state index contributed by atoms with van der Waals surface area (Å²) in [6.45, 7) is -0.512. The number of halogens is 6. The van der Waals surface area contributed by atoms with Crippen LogP contribution >= 0.6 is 0 Å². The van der Waals surface area contributed by atoms with Crippen molar-refractivity contribution in [2.45, 2.75) is 43.3 Å². The Morgan fingerprint density at radius 2 is 1.72 bits per heavy atom. The normalized spacial score (nSPS) is 18.3. The summed E-state index contributed by atoms with van der Waals surface area (Å²) in [5, 5.41) is 1.31. The van der Waals surface area contributed by atoms with Crippen molar-refractivity contribution < 1.29 is 35.9 Å². The highest BCUT2D eigenvalue weighted by atomic mass is 19.4. The van der Waals surface area contributed by atoms with Crippen LogP contribution in [-0.4, -0.2) is 47.5 Å². The number of carbonyl (C=O) groups excluding carboxylic acids is 1. The fourth-order valence-electron chi connectivity index (χ4n) is 3.93. The Morgan fingerprint density at radius 1 is 1.06 bits per heavy atom. The lowest BCUT2D eigenvalue weighted by Crippen LogP contribution is -2.77. The van der Waals surface area contributed by atoms with Crippen molar-refractivity contribution in [1.29, 1.82) is 0 Å². The van der Waals surface area contributed by atoms with Gasteiger partial charge in [-0.15, -0.1) is 0 Å². The zero-order valence-corrected chi connectivity index (χ0v) is 17.0. The highest BCUT2D eigenvalue weighted by Crippen LogP contribution is 2.50. The number of piperidine rings is 1. The minimum atomic E-state index is -5.86. The number of methoxy groups -OCH3 is 1. The minimum Gasteiger partial charge on any atom is -0.497 e. The second-order valence-corrected chi connectivity index (χ2v) is 7.38. The van der Waals surface area contributed by atoms with E-state index in [1.54, 1.807) is 0 Å². The van der Waals surface area contributed by atoms with E-state index in [0.29, 0.717) is 17.1 Å². The van der Waals surface area contributed by atoms with Crippen LogP contribution in [0.15, 0.2) is 48.8 Å². The predicted molar refractivity (Wildman–Crippen MR) is 103 cm³/mol. The maximum absolute atomic E-state index is 14.3. The number of amides is 1. The molecule has 3 rings (SSSR count). The van der Waals surface area contributed by atoms with Crippen molar-refractivity contribution in [3.05, 3.63) is 59.9 Å². The third-order valence-electron chi connectivity index (χ3n) is 5.47. The van der Waals surface area contributed by atoms with Crippen molar-refractivity contribution in [3.8, 4) is 5.75 Å². The summed E-state index contributed by atoms with van der Waals surface area (Å²) in [6.07, 6.45) is -8.49. The smallest absolute Gasteiger partial charge is 0.434 e. The Kier molecular flexibility index (Phi) is 6.68. The first kappa shape index (κ1) is 23.8. The molecule has 1 atom stereocenters. The number of ether oxygens (including phenoxy) is 1. The van der Waals surface area contributed by atoms with Gasteiger partial charge >= 0.3 is 12.4 Å². The quantitative estimate of drug-likeness (QED) is 0.646. The van der Waals surface area contributed by atoms with Gasteiger partial charge in [-0.3, -0.25) is 14.7 Å². The van der Waals surface area contributed by atoms with Gasteiger partial charge in [0.05, 0.1) is 7.11 Å². The molecule has 11 heteroatoms. The number of pyridine rings is 1. The van der Waals surface area contributed by atoms with E-state index in [1.165, 1.54) is 49.1 Å². The first-order valence-electron chi connectivity index (χ1n) is 9.78. The summed E-state index contributed by atoms with van der Waals surface area (Å²) >= 11 is 0. The summed E-state index contributed by atoms with van der Waals surface area (Å²) in [6, 6.07) is 6.38. The summed E-state index contributed by atoms with van der Waals surface area (Å²) in [5.41, 5.74) is -4.74.